The maximum Gasteiger partial charge on any atom is 0.233 e. The van der Waals surface area contributed by atoms with Crippen LogP contribution in [-0.2, 0) is 21.0 Å². The molecule has 0 radical (unpaired) electrons. The predicted molar refractivity (Wildman–Crippen MR) is 115 cm³/mol. The van der Waals surface area contributed by atoms with Gasteiger partial charge in [-0.25, -0.2) is 0 Å². The van der Waals surface area contributed by atoms with Gasteiger partial charge in [-0.3, -0.25) is 14.5 Å². The maximum absolute atomic E-state index is 13.4. The standard InChI is InChI=1S/C25H24N2O5/c1-30-14-8-9-15(18(10-14)31-2)22-21-16-11-17(23(21)32-26-22)20-19(16)24(28)27(25(20)29)12-13-6-4-3-5-7-13/h3-10,16-17,19-21,23H,11-12H2,1-2H3/t16-,17+,19-,20+,21-,23-/m1/s1. The summed E-state index contributed by atoms with van der Waals surface area (Å²) in [5.74, 6) is 0.680. The highest BCUT2D eigenvalue weighted by atomic mass is 16.6. The van der Waals surface area contributed by atoms with Crippen LogP contribution in [-0.4, -0.2) is 42.7 Å². The van der Waals surface area contributed by atoms with E-state index in [0.29, 0.717) is 18.0 Å². The van der Waals surface area contributed by atoms with Gasteiger partial charge in [-0.05, 0) is 30.0 Å². The molecule has 0 aromatic heterocycles. The molecule has 2 heterocycles. The molecule has 2 aliphatic carbocycles. The van der Waals surface area contributed by atoms with E-state index in [0.717, 1.165) is 23.3 Å². The van der Waals surface area contributed by atoms with Gasteiger partial charge in [0, 0.05) is 23.5 Å². The number of hydrogen-bond acceptors (Lipinski definition) is 6. The first kappa shape index (κ1) is 19.3. The van der Waals surface area contributed by atoms with Gasteiger partial charge in [0.2, 0.25) is 11.8 Å². The molecule has 0 N–H and O–H groups in total. The van der Waals surface area contributed by atoms with Crippen LogP contribution in [0.3, 0.4) is 0 Å². The molecular formula is C25H24N2O5. The second-order valence-corrected chi connectivity index (χ2v) is 9.00. The molecule has 6 rings (SSSR count). The summed E-state index contributed by atoms with van der Waals surface area (Å²) in [5.41, 5.74) is 2.62. The van der Waals surface area contributed by atoms with E-state index in [-0.39, 0.29) is 47.5 Å². The molecule has 0 spiro atoms. The summed E-state index contributed by atoms with van der Waals surface area (Å²) in [7, 11) is 3.23. The van der Waals surface area contributed by atoms with E-state index in [1.807, 2.05) is 48.5 Å². The van der Waals surface area contributed by atoms with Crippen molar-refractivity contribution in [1.82, 2.24) is 4.90 Å². The molecule has 32 heavy (non-hydrogen) atoms. The molecule has 3 fully saturated rings. The zero-order valence-corrected chi connectivity index (χ0v) is 17.9. The highest BCUT2D eigenvalue weighted by Gasteiger charge is 2.70. The van der Waals surface area contributed by atoms with Crippen LogP contribution in [0.1, 0.15) is 17.5 Å². The number of rotatable bonds is 5. The van der Waals surface area contributed by atoms with E-state index in [2.05, 4.69) is 5.16 Å². The number of hydrogen-bond donors (Lipinski definition) is 0. The topological polar surface area (TPSA) is 77.4 Å². The fraction of sp³-hybridized carbons (Fsp3) is 0.400. The van der Waals surface area contributed by atoms with E-state index in [1.54, 1.807) is 14.2 Å². The average Bonchev–Trinajstić information content (AvgIpc) is 3.56. The van der Waals surface area contributed by atoms with Crippen LogP contribution < -0.4 is 9.47 Å². The van der Waals surface area contributed by atoms with Gasteiger partial charge in [-0.15, -0.1) is 0 Å². The van der Waals surface area contributed by atoms with Crippen molar-refractivity contribution in [3.05, 3.63) is 59.7 Å². The second kappa shape index (κ2) is 7.08. The molecule has 6 atom stereocenters. The highest BCUT2D eigenvalue weighted by Crippen LogP contribution is 2.62. The highest BCUT2D eigenvalue weighted by molar-refractivity contribution is 6.09. The number of oxime groups is 1. The summed E-state index contributed by atoms with van der Waals surface area (Å²) < 4.78 is 10.9. The number of amides is 2. The predicted octanol–water partition coefficient (Wildman–Crippen LogP) is 2.87. The number of carbonyl (C=O) groups is 2. The minimum atomic E-state index is -0.301. The zero-order valence-electron chi connectivity index (χ0n) is 17.9. The Kier molecular flexibility index (Phi) is 4.28. The third kappa shape index (κ3) is 2.57. The van der Waals surface area contributed by atoms with Crippen LogP contribution in [0.15, 0.2) is 53.7 Å². The van der Waals surface area contributed by atoms with Crippen molar-refractivity contribution < 1.29 is 23.9 Å². The third-order valence-electron chi connectivity index (χ3n) is 7.65. The van der Waals surface area contributed by atoms with Crippen molar-refractivity contribution in [1.29, 1.82) is 0 Å². The van der Waals surface area contributed by atoms with Crippen LogP contribution in [0, 0.1) is 29.6 Å². The quantitative estimate of drug-likeness (QED) is 0.679. The zero-order chi connectivity index (χ0) is 22.0. The van der Waals surface area contributed by atoms with Gasteiger partial charge in [0.05, 0.1) is 38.3 Å². The van der Waals surface area contributed by atoms with E-state index < -0.39 is 0 Å². The van der Waals surface area contributed by atoms with Gasteiger partial charge in [-0.2, -0.15) is 0 Å². The van der Waals surface area contributed by atoms with E-state index in [1.165, 1.54) is 4.90 Å². The van der Waals surface area contributed by atoms with Crippen LogP contribution in [0.2, 0.25) is 0 Å². The SMILES string of the molecule is COc1ccc(C2=NO[C@@H]3[C@H]4C[C@H]([C@H]5C(=O)N(Cc6ccccc6)C(=O)[C@@H]45)[C@H]23)c(OC)c1. The molecule has 2 aromatic rings. The second-order valence-electron chi connectivity index (χ2n) is 9.00. The van der Waals surface area contributed by atoms with Crippen LogP contribution in [0.4, 0.5) is 0 Å². The van der Waals surface area contributed by atoms with Gasteiger partial charge in [0.25, 0.3) is 0 Å². The molecule has 2 bridgehead atoms. The lowest BCUT2D eigenvalue weighted by atomic mass is 9.71. The first-order valence-corrected chi connectivity index (χ1v) is 11.0. The third-order valence-corrected chi connectivity index (χ3v) is 7.65. The molecule has 2 aromatic carbocycles. The maximum atomic E-state index is 13.4. The first-order chi connectivity index (χ1) is 15.6. The summed E-state index contributed by atoms with van der Waals surface area (Å²) >= 11 is 0. The molecule has 1 saturated heterocycles. The molecule has 2 saturated carbocycles. The molecule has 7 heteroatoms. The Morgan fingerprint density at radius 2 is 1.72 bits per heavy atom. The molecule has 0 unspecified atom stereocenters. The van der Waals surface area contributed by atoms with Crippen molar-refractivity contribution in [3.8, 4) is 11.5 Å². The number of ether oxygens (including phenoxy) is 2. The van der Waals surface area contributed by atoms with Gasteiger partial charge in [0.15, 0.2) is 0 Å². The van der Waals surface area contributed by atoms with Crippen molar-refractivity contribution in [2.75, 3.05) is 14.2 Å². The van der Waals surface area contributed by atoms with Crippen molar-refractivity contribution in [2.45, 2.75) is 19.1 Å². The smallest absolute Gasteiger partial charge is 0.233 e. The Bertz CT molecular complexity index is 1130. The largest absolute Gasteiger partial charge is 0.497 e. The van der Waals surface area contributed by atoms with Crippen LogP contribution >= 0.6 is 0 Å². The van der Waals surface area contributed by atoms with E-state index in [4.69, 9.17) is 14.3 Å². The molecule has 2 aliphatic heterocycles. The lowest BCUT2D eigenvalue weighted by Gasteiger charge is -2.30. The number of likely N-dealkylation sites (tertiary alicyclic amines) is 1. The van der Waals surface area contributed by atoms with E-state index in [9.17, 15) is 9.59 Å². The summed E-state index contributed by atoms with van der Waals surface area (Å²) in [5, 5.41) is 4.42. The Morgan fingerprint density at radius 3 is 2.44 bits per heavy atom. The number of nitrogens with zero attached hydrogens (tertiary/aromatic N) is 2. The van der Waals surface area contributed by atoms with Gasteiger partial charge < -0.3 is 14.3 Å². The summed E-state index contributed by atoms with van der Waals surface area (Å²) in [6.45, 7) is 0.328. The van der Waals surface area contributed by atoms with Crippen molar-refractivity contribution in [3.63, 3.8) is 0 Å². The fourth-order valence-electron chi connectivity index (χ4n) is 6.34. The first-order valence-electron chi connectivity index (χ1n) is 11.0. The number of fused-ring (bicyclic) bond motifs is 8. The minimum Gasteiger partial charge on any atom is -0.497 e. The molecular weight excluding hydrogens is 408 g/mol. The van der Waals surface area contributed by atoms with Crippen LogP contribution in [0.5, 0.6) is 11.5 Å². The van der Waals surface area contributed by atoms with Crippen molar-refractivity contribution >= 4 is 17.5 Å². The monoisotopic (exact) mass is 432 g/mol. The molecule has 2 amide bonds. The van der Waals surface area contributed by atoms with E-state index >= 15 is 0 Å². The lowest BCUT2D eigenvalue weighted by molar-refractivity contribution is -0.141. The number of imide groups is 1. The van der Waals surface area contributed by atoms with Gasteiger partial charge >= 0.3 is 0 Å². The Balaban J connectivity index is 1.31. The van der Waals surface area contributed by atoms with Gasteiger partial charge in [0.1, 0.15) is 17.6 Å². The summed E-state index contributed by atoms with van der Waals surface area (Å²) in [6.07, 6.45) is 0.648. The Hall–Kier alpha value is -3.35. The van der Waals surface area contributed by atoms with Crippen LogP contribution in [0.25, 0.3) is 0 Å². The Labute approximate surface area is 185 Å². The summed E-state index contributed by atoms with van der Waals surface area (Å²) in [6, 6.07) is 15.3. The number of carbonyl (C=O) groups excluding carboxylic acids is 2. The molecule has 4 aliphatic rings. The van der Waals surface area contributed by atoms with Gasteiger partial charge in [-0.1, -0.05) is 35.5 Å². The fourth-order valence-corrected chi connectivity index (χ4v) is 6.34. The average molecular weight is 432 g/mol. The Morgan fingerprint density at radius 1 is 0.969 bits per heavy atom. The van der Waals surface area contributed by atoms with Crippen molar-refractivity contribution in [2.24, 2.45) is 34.7 Å². The molecule has 164 valence electrons. The number of methoxy groups -OCH3 is 2. The number of benzene rings is 2. The summed E-state index contributed by atoms with van der Waals surface area (Å²) in [4.78, 5) is 34.0. The lowest BCUT2D eigenvalue weighted by Crippen LogP contribution is -2.41. The normalized spacial score (nSPS) is 31.9. The molecule has 7 nitrogen and oxygen atoms in total. The minimum absolute atomic E-state index is 0.0118.